The summed E-state index contributed by atoms with van der Waals surface area (Å²) in [5, 5.41) is 9.73. The Morgan fingerprint density at radius 2 is 1.62 bits per heavy atom. The zero-order chi connectivity index (χ0) is 32.5. The molecule has 0 bridgehead atoms. The number of para-hydroxylation sites is 2. The van der Waals surface area contributed by atoms with Gasteiger partial charge in [0, 0.05) is 30.3 Å². The van der Waals surface area contributed by atoms with Gasteiger partial charge < -0.3 is 24.4 Å². The predicted octanol–water partition coefficient (Wildman–Crippen LogP) is 5.32. The highest BCUT2D eigenvalue weighted by Gasteiger charge is 2.60. The lowest BCUT2D eigenvalue weighted by Gasteiger charge is -2.31. The van der Waals surface area contributed by atoms with Crippen molar-refractivity contribution in [1.82, 2.24) is 4.90 Å². The average molecular weight is 632 g/mol. The smallest absolute Gasteiger partial charge is 0.269 e. The maximum Gasteiger partial charge on any atom is 0.269 e. The lowest BCUT2D eigenvalue weighted by Crippen LogP contribution is -2.44. The molecule has 4 aromatic carbocycles. The van der Waals surface area contributed by atoms with Crippen LogP contribution in [0.15, 0.2) is 103 Å². The van der Waals surface area contributed by atoms with Gasteiger partial charge in [-0.3, -0.25) is 19.3 Å². The van der Waals surface area contributed by atoms with Gasteiger partial charge in [-0.2, -0.15) is 0 Å². The maximum atomic E-state index is 14.6. The first kappa shape index (κ1) is 30.7. The Balaban J connectivity index is 1.23. The van der Waals surface area contributed by atoms with E-state index in [0.29, 0.717) is 42.2 Å². The number of anilines is 3. The summed E-state index contributed by atoms with van der Waals surface area (Å²) in [5.74, 6) is -0.185. The lowest BCUT2D eigenvalue weighted by atomic mass is 9.82. The van der Waals surface area contributed by atoms with Gasteiger partial charge in [-0.05, 0) is 47.9 Å². The maximum absolute atomic E-state index is 14.6. The number of rotatable bonds is 9. The number of nitrogens with zero attached hydrogens (tertiary/aromatic N) is 3. The third kappa shape index (κ3) is 5.55. The summed E-state index contributed by atoms with van der Waals surface area (Å²) >= 11 is 0. The fourth-order valence-electron chi connectivity index (χ4n) is 7.17. The summed E-state index contributed by atoms with van der Waals surface area (Å²) in [6.45, 7) is 2.67. The van der Waals surface area contributed by atoms with E-state index < -0.39 is 11.7 Å². The molecule has 3 aliphatic heterocycles. The molecule has 0 saturated carbocycles. The van der Waals surface area contributed by atoms with E-state index >= 15 is 0 Å². The summed E-state index contributed by atoms with van der Waals surface area (Å²) in [7, 11) is 0. The summed E-state index contributed by atoms with van der Waals surface area (Å²) in [6, 6.07) is 32.5. The first-order valence-electron chi connectivity index (χ1n) is 16.0. The summed E-state index contributed by atoms with van der Waals surface area (Å²) < 4.78 is 12.5. The standard InChI is InChI=1S/C38H37N3O6/c1-26-20-30(22-35(43)39(18-19-42)23-27-10-4-2-5-11-27)47-38(26)31-21-29(41-33-14-8-9-15-34(33)46-25-36(41)44)16-17-32(31)40(37(38)45)24-28-12-6-3-7-13-28/h2-17,21,26,30,42H,18-20,22-25H2,1H3/t26-,30-,38+/m1/s1. The zero-order valence-corrected chi connectivity index (χ0v) is 26.2. The number of aliphatic hydroxyl groups excluding tert-OH is 1. The molecule has 0 unspecified atom stereocenters. The van der Waals surface area contributed by atoms with E-state index in [0.717, 1.165) is 16.8 Å². The van der Waals surface area contributed by atoms with Crippen LogP contribution >= 0.6 is 0 Å². The quantitative estimate of drug-likeness (QED) is 0.269. The topological polar surface area (TPSA) is 99.6 Å². The Morgan fingerprint density at radius 1 is 0.915 bits per heavy atom. The Labute approximate surface area is 273 Å². The molecular weight excluding hydrogens is 594 g/mol. The first-order valence-corrected chi connectivity index (χ1v) is 16.0. The van der Waals surface area contributed by atoms with E-state index in [9.17, 15) is 19.5 Å². The third-order valence-corrected chi connectivity index (χ3v) is 9.39. The molecule has 9 nitrogen and oxygen atoms in total. The Hall–Kier alpha value is -4.99. The van der Waals surface area contributed by atoms with Gasteiger partial charge in [0.25, 0.3) is 11.8 Å². The van der Waals surface area contributed by atoms with Gasteiger partial charge in [0.15, 0.2) is 12.2 Å². The van der Waals surface area contributed by atoms with Gasteiger partial charge >= 0.3 is 0 Å². The van der Waals surface area contributed by atoms with Gasteiger partial charge in [0.05, 0.1) is 37.1 Å². The molecule has 0 aliphatic carbocycles. The fourth-order valence-corrected chi connectivity index (χ4v) is 7.17. The minimum absolute atomic E-state index is 0.0786. The van der Waals surface area contributed by atoms with E-state index in [4.69, 9.17) is 9.47 Å². The van der Waals surface area contributed by atoms with Crippen molar-refractivity contribution < 1.29 is 29.0 Å². The molecule has 1 spiro atoms. The van der Waals surface area contributed by atoms with Crippen LogP contribution in [0.5, 0.6) is 5.75 Å². The number of carbonyl (C=O) groups excluding carboxylic acids is 3. The number of carbonyl (C=O) groups is 3. The SMILES string of the molecule is C[C@@H]1C[C@H](CC(=O)N(CCO)Cc2ccccc2)O[C@@]12C(=O)N(Cc1ccccc1)c1ccc(N3C(=O)COc4ccccc43)cc12. The minimum atomic E-state index is -1.33. The van der Waals surface area contributed by atoms with Crippen LogP contribution in [-0.2, 0) is 37.8 Å². The molecule has 1 fully saturated rings. The second-order valence-electron chi connectivity index (χ2n) is 12.4. The number of ether oxygens (including phenoxy) is 2. The Morgan fingerprint density at radius 3 is 2.36 bits per heavy atom. The van der Waals surface area contributed by atoms with Gasteiger partial charge in [-0.15, -0.1) is 0 Å². The molecule has 47 heavy (non-hydrogen) atoms. The largest absolute Gasteiger partial charge is 0.482 e. The molecule has 3 aliphatic rings. The van der Waals surface area contributed by atoms with Crippen LogP contribution in [0.4, 0.5) is 17.1 Å². The molecule has 0 aromatic heterocycles. The van der Waals surface area contributed by atoms with Crippen LogP contribution < -0.4 is 14.5 Å². The Bertz CT molecular complexity index is 1800. The van der Waals surface area contributed by atoms with Gasteiger partial charge in [-0.25, -0.2) is 0 Å². The molecule has 1 saturated heterocycles. The van der Waals surface area contributed by atoms with Crippen LogP contribution in [0.25, 0.3) is 0 Å². The molecule has 7 rings (SSSR count). The van der Waals surface area contributed by atoms with Crippen molar-refractivity contribution in [3.05, 3.63) is 120 Å². The van der Waals surface area contributed by atoms with E-state index in [1.165, 1.54) is 0 Å². The van der Waals surface area contributed by atoms with E-state index in [-0.39, 0.29) is 49.8 Å². The number of benzene rings is 4. The number of hydrogen-bond donors (Lipinski definition) is 1. The number of fused-ring (bicyclic) bond motifs is 3. The van der Waals surface area contributed by atoms with E-state index in [1.54, 1.807) is 14.7 Å². The number of aliphatic hydroxyl groups is 1. The molecule has 3 amide bonds. The lowest BCUT2D eigenvalue weighted by molar-refractivity contribution is -0.150. The molecule has 0 radical (unpaired) electrons. The number of amides is 3. The molecule has 9 heteroatoms. The molecule has 3 atom stereocenters. The van der Waals surface area contributed by atoms with E-state index in [1.807, 2.05) is 110 Å². The normalized spacial score (nSPS) is 21.5. The molecule has 240 valence electrons. The van der Waals surface area contributed by atoms with E-state index in [2.05, 4.69) is 0 Å². The van der Waals surface area contributed by atoms with Gasteiger partial charge in [-0.1, -0.05) is 79.7 Å². The highest BCUT2D eigenvalue weighted by Crippen LogP contribution is 2.55. The minimum Gasteiger partial charge on any atom is -0.482 e. The van der Waals surface area contributed by atoms with Crippen molar-refractivity contribution in [1.29, 1.82) is 0 Å². The Kier molecular flexibility index (Phi) is 8.26. The van der Waals surface area contributed by atoms with Crippen LogP contribution in [0.3, 0.4) is 0 Å². The third-order valence-electron chi connectivity index (χ3n) is 9.39. The van der Waals surface area contributed by atoms with Crippen LogP contribution in [0, 0.1) is 5.92 Å². The van der Waals surface area contributed by atoms with Crippen LogP contribution in [0.1, 0.15) is 36.5 Å². The van der Waals surface area contributed by atoms with Crippen molar-refractivity contribution in [2.24, 2.45) is 5.92 Å². The zero-order valence-electron chi connectivity index (χ0n) is 26.2. The second-order valence-corrected chi connectivity index (χ2v) is 12.4. The fraction of sp³-hybridized carbons (Fsp3) is 0.289. The number of hydrogen-bond acceptors (Lipinski definition) is 6. The highest BCUT2D eigenvalue weighted by atomic mass is 16.5. The van der Waals surface area contributed by atoms with Crippen molar-refractivity contribution in [3.63, 3.8) is 0 Å². The van der Waals surface area contributed by atoms with Crippen molar-refractivity contribution in [2.45, 2.75) is 44.6 Å². The predicted molar refractivity (Wildman–Crippen MR) is 177 cm³/mol. The van der Waals surface area contributed by atoms with Crippen molar-refractivity contribution >= 4 is 34.8 Å². The summed E-state index contributed by atoms with van der Waals surface area (Å²) in [6.07, 6.45) is 0.0602. The van der Waals surface area contributed by atoms with Crippen molar-refractivity contribution in [3.8, 4) is 5.75 Å². The first-order chi connectivity index (χ1) is 22.9. The van der Waals surface area contributed by atoms with Crippen molar-refractivity contribution in [2.75, 3.05) is 29.6 Å². The second kappa shape index (κ2) is 12.7. The van der Waals surface area contributed by atoms with Gasteiger partial charge in [0.2, 0.25) is 5.91 Å². The average Bonchev–Trinajstić information content (AvgIpc) is 3.54. The summed E-state index contributed by atoms with van der Waals surface area (Å²) in [4.78, 5) is 46.6. The molecule has 4 aromatic rings. The van der Waals surface area contributed by atoms with Crippen LogP contribution in [-0.4, -0.2) is 53.6 Å². The highest BCUT2D eigenvalue weighted by molar-refractivity contribution is 6.09. The molecule has 3 heterocycles. The molecule has 1 N–H and O–H groups in total. The molecular formula is C38H37N3O6. The summed E-state index contributed by atoms with van der Waals surface area (Å²) in [5.41, 5.74) is 3.27. The van der Waals surface area contributed by atoms with Gasteiger partial charge in [0.1, 0.15) is 5.75 Å². The van der Waals surface area contributed by atoms with Crippen LogP contribution in [0.2, 0.25) is 0 Å². The monoisotopic (exact) mass is 631 g/mol.